The van der Waals surface area contributed by atoms with Crippen LogP contribution in [-0.2, 0) is 0 Å². The van der Waals surface area contributed by atoms with Crippen LogP contribution in [0.4, 0.5) is 0 Å². The third-order valence-corrected chi connectivity index (χ3v) is 3.19. The lowest BCUT2D eigenvalue weighted by Gasteiger charge is -2.07. The fourth-order valence-electron chi connectivity index (χ4n) is 1.52. The summed E-state index contributed by atoms with van der Waals surface area (Å²) in [6.45, 7) is 5.73. The molecule has 0 N–H and O–H groups in total. The number of halogens is 2. The fourth-order valence-corrected chi connectivity index (χ4v) is 1.91. The normalized spacial score (nSPS) is 10.6. The van der Waals surface area contributed by atoms with Gasteiger partial charge >= 0.3 is 0 Å². The summed E-state index contributed by atoms with van der Waals surface area (Å²) in [5.41, 5.74) is 3.48. The molecule has 3 nitrogen and oxygen atoms in total. The van der Waals surface area contributed by atoms with Crippen LogP contribution < -0.4 is 0 Å². The summed E-state index contributed by atoms with van der Waals surface area (Å²) in [6.07, 6.45) is 1.77. The summed E-state index contributed by atoms with van der Waals surface area (Å²) in [7, 11) is 0. The molecule has 0 saturated heterocycles. The summed E-state index contributed by atoms with van der Waals surface area (Å²) in [4.78, 5) is 12.7. The number of aromatic nitrogens is 3. The van der Waals surface area contributed by atoms with E-state index in [1.165, 1.54) is 0 Å². The van der Waals surface area contributed by atoms with Gasteiger partial charge in [0.25, 0.3) is 0 Å². The van der Waals surface area contributed by atoms with Crippen molar-refractivity contribution in [3.05, 3.63) is 39.3 Å². The molecule has 0 amide bonds. The monoisotopic (exact) mass is 267 g/mol. The van der Waals surface area contributed by atoms with Crippen molar-refractivity contribution in [2.45, 2.75) is 20.8 Å². The molecule has 5 heteroatoms. The van der Waals surface area contributed by atoms with Gasteiger partial charge in [-0.2, -0.15) is 0 Å². The van der Waals surface area contributed by atoms with Gasteiger partial charge in [-0.3, -0.25) is 4.98 Å². The number of rotatable bonds is 1. The van der Waals surface area contributed by atoms with Gasteiger partial charge in [-0.15, -0.1) is 0 Å². The number of nitrogens with zero attached hydrogens (tertiary/aromatic N) is 3. The summed E-state index contributed by atoms with van der Waals surface area (Å²) in [6, 6.07) is 2.02. The molecule has 17 heavy (non-hydrogen) atoms. The Balaban J connectivity index is 2.61. The molecule has 0 aliphatic heterocycles. The minimum Gasteiger partial charge on any atom is -0.252 e. The first-order valence-corrected chi connectivity index (χ1v) is 5.88. The van der Waals surface area contributed by atoms with Gasteiger partial charge in [-0.1, -0.05) is 29.3 Å². The van der Waals surface area contributed by atoms with Crippen molar-refractivity contribution in [1.82, 2.24) is 15.0 Å². The second kappa shape index (κ2) is 4.59. The lowest BCUT2D eigenvalue weighted by molar-refractivity contribution is 1.09. The number of pyridine rings is 1. The summed E-state index contributed by atoms with van der Waals surface area (Å²) >= 11 is 12.0. The Morgan fingerprint density at radius 2 is 1.59 bits per heavy atom. The Labute approximate surface area is 110 Å². The van der Waals surface area contributed by atoms with Crippen molar-refractivity contribution in [1.29, 1.82) is 0 Å². The molecule has 2 aromatic heterocycles. The highest BCUT2D eigenvalue weighted by Crippen LogP contribution is 2.25. The minimum absolute atomic E-state index is 0.363. The first-order chi connectivity index (χ1) is 7.99. The molecule has 0 unspecified atom stereocenters. The number of hydrogen-bond donors (Lipinski definition) is 0. The van der Waals surface area contributed by atoms with Crippen LogP contribution in [0.1, 0.15) is 16.7 Å². The van der Waals surface area contributed by atoms with E-state index in [0.717, 1.165) is 11.1 Å². The second-order valence-corrected chi connectivity index (χ2v) is 4.65. The van der Waals surface area contributed by atoms with Crippen LogP contribution in [0.25, 0.3) is 11.5 Å². The van der Waals surface area contributed by atoms with Crippen molar-refractivity contribution in [3.63, 3.8) is 0 Å². The third-order valence-electron chi connectivity index (χ3n) is 2.45. The minimum atomic E-state index is 0.363. The van der Waals surface area contributed by atoms with Crippen molar-refractivity contribution in [2.24, 2.45) is 0 Å². The lowest BCUT2D eigenvalue weighted by atomic mass is 10.1. The highest BCUT2D eigenvalue weighted by molar-refractivity contribution is 6.34. The molecule has 0 fully saturated rings. The van der Waals surface area contributed by atoms with Crippen LogP contribution in [0, 0.1) is 20.8 Å². The van der Waals surface area contributed by atoms with E-state index in [1.807, 2.05) is 19.9 Å². The number of hydrogen-bond acceptors (Lipinski definition) is 3. The molecule has 0 aliphatic carbocycles. The van der Waals surface area contributed by atoms with E-state index in [-0.39, 0.29) is 0 Å². The molecule has 0 radical (unpaired) electrons. The van der Waals surface area contributed by atoms with Crippen LogP contribution >= 0.6 is 23.2 Å². The van der Waals surface area contributed by atoms with Gasteiger partial charge in [0.05, 0.1) is 0 Å². The fraction of sp³-hybridized carbons (Fsp3) is 0.250. The predicted octanol–water partition coefficient (Wildman–Crippen LogP) is 3.77. The van der Waals surface area contributed by atoms with Crippen molar-refractivity contribution >= 4 is 23.2 Å². The topological polar surface area (TPSA) is 38.7 Å². The lowest BCUT2D eigenvalue weighted by Crippen LogP contribution is -1.98. The Morgan fingerprint density at radius 3 is 2.12 bits per heavy atom. The molecule has 0 aliphatic rings. The largest absolute Gasteiger partial charge is 0.252 e. The molecule has 2 heterocycles. The van der Waals surface area contributed by atoms with Crippen LogP contribution in [0.5, 0.6) is 0 Å². The van der Waals surface area contributed by atoms with E-state index >= 15 is 0 Å². The second-order valence-electron chi connectivity index (χ2n) is 3.93. The van der Waals surface area contributed by atoms with Gasteiger partial charge in [0.15, 0.2) is 5.82 Å². The average Bonchev–Trinajstić information content (AvgIpc) is 2.25. The number of aryl methyl sites for hydroxylation is 2. The molecule has 2 rings (SSSR count). The molecule has 0 saturated carbocycles. The Hall–Kier alpha value is -1.19. The molecular formula is C12H11Cl2N3. The maximum absolute atomic E-state index is 5.99. The zero-order valence-corrected chi connectivity index (χ0v) is 11.3. The zero-order valence-electron chi connectivity index (χ0n) is 9.75. The molecular weight excluding hydrogens is 257 g/mol. The van der Waals surface area contributed by atoms with Gasteiger partial charge in [0.1, 0.15) is 16.0 Å². The van der Waals surface area contributed by atoms with Gasteiger partial charge in [-0.05, 0) is 31.9 Å². The van der Waals surface area contributed by atoms with Gasteiger partial charge in [0, 0.05) is 11.8 Å². The molecule has 2 aromatic rings. The first-order valence-electron chi connectivity index (χ1n) is 5.12. The molecule has 88 valence electrons. The smallest absolute Gasteiger partial charge is 0.181 e. The molecule has 0 bridgehead atoms. The van der Waals surface area contributed by atoms with Crippen molar-refractivity contribution in [2.75, 3.05) is 0 Å². The molecule has 0 spiro atoms. The van der Waals surface area contributed by atoms with E-state index in [4.69, 9.17) is 23.2 Å². The van der Waals surface area contributed by atoms with Crippen LogP contribution in [0.3, 0.4) is 0 Å². The zero-order chi connectivity index (χ0) is 12.6. The Morgan fingerprint density at radius 1 is 1.00 bits per heavy atom. The highest BCUT2D eigenvalue weighted by atomic mass is 35.5. The molecule has 0 atom stereocenters. The summed E-state index contributed by atoms with van der Waals surface area (Å²) in [5.74, 6) is 0.461. The van der Waals surface area contributed by atoms with Gasteiger partial charge in [-0.25, -0.2) is 9.97 Å². The van der Waals surface area contributed by atoms with Crippen LogP contribution in [-0.4, -0.2) is 15.0 Å². The van der Waals surface area contributed by atoms with Crippen LogP contribution in [0.15, 0.2) is 12.3 Å². The van der Waals surface area contributed by atoms with Crippen molar-refractivity contribution < 1.29 is 0 Å². The quantitative estimate of drug-likeness (QED) is 0.739. The van der Waals surface area contributed by atoms with E-state index in [9.17, 15) is 0 Å². The standard InChI is InChI=1S/C12H11Cl2N3/c1-6-4-7(2)9(15-5-6)12-16-10(13)8(3)11(14)17-12/h4-5H,1-3H3. The molecule has 0 aromatic carbocycles. The summed E-state index contributed by atoms with van der Waals surface area (Å²) < 4.78 is 0. The SMILES string of the molecule is Cc1cnc(-c2nc(Cl)c(C)c(Cl)n2)c(C)c1. The van der Waals surface area contributed by atoms with E-state index in [1.54, 1.807) is 13.1 Å². The average molecular weight is 268 g/mol. The third kappa shape index (κ3) is 2.40. The van der Waals surface area contributed by atoms with E-state index < -0.39 is 0 Å². The summed E-state index contributed by atoms with van der Waals surface area (Å²) in [5, 5.41) is 0.726. The van der Waals surface area contributed by atoms with E-state index in [0.29, 0.717) is 27.4 Å². The maximum atomic E-state index is 5.99. The van der Waals surface area contributed by atoms with E-state index in [2.05, 4.69) is 15.0 Å². The Kier molecular flexibility index (Phi) is 3.31. The first kappa shape index (κ1) is 12.3. The van der Waals surface area contributed by atoms with Crippen molar-refractivity contribution in [3.8, 4) is 11.5 Å². The van der Waals surface area contributed by atoms with Gasteiger partial charge < -0.3 is 0 Å². The Bertz CT molecular complexity index is 559. The predicted molar refractivity (Wildman–Crippen MR) is 69.5 cm³/mol. The van der Waals surface area contributed by atoms with Crippen LogP contribution in [0.2, 0.25) is 10.3 Å². The van der Waals surface area contributed by atoms with Gasteiger partial charge in [0.2, 0.25) is 0 Å². The maximum Gasteiger partial charge on any atom is 0.181 e. The highest BCUT2D eigenvalue weighted by Gasteiger charge is 2.12.